The molecule has 0 spiro atoms. The fourth-order valence-electron chi connectivity index (χ4n) is 1.25. The van der Waals surface area contributed by atoms with Crippen molar-refractivity contribution in [2.24, 2.45) is 5.41 Å². The molecule has 7 nitrogen and oxygen atoms in total. The largest absolute Gasteiger partial charge is 0.476 e. The molecule has 0 aliphatic carbocycles. The topological polar surface area (TPSA) is 83.5 Å². The lowest BCUT2D eigenvalue weighted by atomic mass is 9.92. The van der Waals surface area contributed by atoms with E-state index in [1.54, 1.807) is 0 Å². The highest BCUT2D eigenvalue weighted by Crippen LogP contribution is 2.19. The summed E-state index contributed by atoms with van der Waals surface area (Å²) in [5.41, 5.74) is -0.937. The fraction of sp³-hybridized carbons (Fsp3) is 0.500. The van der Waals surface area contributed by atoms with E-state index in [4.69, 9.17) is 23.7 Å². The number of hydrogen-bond acceptors (Lipinski definition) is 7. The number of ether oxygens (including phenoxy) is 5. The summed E-state index contributed by atoms with van der Waals surface area (Å²) in [7, 11) is 0. The lowest BCUT2D eigenvalue weighted by Crippen LogP contribution is -2.41. The summed E-state index contributed by atoms with van der Waals surface area (Å²) in [6.45, 7) is 9.65. The van der Waals surface area contributed by atoms with Gasteiger partial charge >= 0.3 is 5.97 Å². The van der Waals surface area contributed by atoms with Crippen LogP contribution in [-0.2, 0) is 28.5 Å². The van der Waals surface area contributed by atoms with E-state index in [9.17, 15) is 9.90 Å². The third-order valence-electron chi connectivity index (χ3n) is 2.38. The summed E-state index contributed by atoms with van der Waals surface area (Å²) in [5, 5.41) is 9.58. The summed E-state index contributed by atoms with van der Waals surface area (Å²) in [6, 6.07) is 0. The van der Waals surface area contributed by atoms with Gasteiger partial charge in [-0.05, 0) is 0 Å². The van der Waals surface area contributed by atoms with Crippen molar-refractivity contribution in [1.29, 1.82) is 0 Å². The SMILES string of the molecule is C=COCOCC(CO)(COCOC=C)COC(=O)C=C. The number of carbonyl (C=O) groups excluding carboxylic acids is 1. The predicted octanol–water partition coefficient (Wildman–Crippen LogP) is 0.963. The molecule has 0 amide bonds. The first-order chi connectivity index (χ1) is 10.1. The Labute approximate surface area is 124 Å². The van der Waals surface area contributed by atoms with Gasteiger partial charge in [-0.25, -0.2) is 4.79 Å². The van der Waals surface area contributed by atoms with Crippen LogP contribution in [0, 0.1) is 5.41 Å². The van der Waals surface area contributed by atoms with Gasteiger partial charge in [-0.2, -0.15) is 0 Å². The van der Waals surface area contributed by atoms with Crippen molar-refractivity contribution in [3.05, 3.63) is 38.3 Å². The summed E-state index contributed by atoms with van der Waals surface area (Å²) >= 11 is 0. The minimum atomic E-state index is -0.937. The van der Waals surface area contributed by atoms with E-state index >= 15 is 0 Å². The van der Waals surface area contributed by atoms with E-state index < -0.39 is 11.4 Å². The highest BCUT2D eigenvalue weighted by atomic mass is 16.7. The van der Waals surface area contributed by atoms with E-state index in [-0.39, 0.29) is 40.0 Å². The Balaban J connectivity index is 4.48. The first-order valence-corrected chi connectivity index (χ1v) is 6.14. The third-order valence-corrected chi connectivity index (χ3v) is 2.38. The lowest BCUT2D eigenvalue weighted by Gasteiger charge is -2.30. The highest BCUT2D eigenvalue weighted by Gasteiger charge is 2.32. The minimum Gasteiger partial charge on any atom is -0.476 e. The van der Waals surface area contributed by atoms with Gasteiger partial charge in [0.1, 0.15) is 6.61 Å². The smallest absolute Gasteiger partial charge is 0.330 e. The van der Waals surface area contributed by atoms with Crippen LogP contribution in [0.25, 0.3) is 0 Å². The van der Waals surface area contributed by atoms with Gasteiger partial charge in [0.15, 0.2) is 13.6 Å². The van der Waals surface area contributed by atoms with Crippen LogP contribution in [0.3, 0.4) is 0 Å². The molecule has 0 aliphatic rings. The van der Waals surface area contributed by atoms with Crippen LogP contribution in [0.5, 0.6) is 0 Å². The zero-order chi connectivity index (χ0) is 16.0. The second-order valence-electron chi connectivity index (χ2n) is 4.07. The molecule has 0 aromatic heterocycles. The van der Waals surface area contributed by atoms with Gasteiger partial charge in [-0.3, -0.25) is 0 Å². The first-order valence-electron chi connectivity index (χ1n) is 6.14. The summed E-state index contributed by atoms with van der Waals surface area (Å²) in [4.78, 5) is 11.1. The highest BCUT2D eigenvalue weighted by molar-refractivity contribution is 5.81. The number of hydrogen-bond donors (Lipinski definition) is 1. The van der Waals surface area contributed by atoms with E-state index in [2.05, 4.69) is 19.7 Å². The van der Waals surface area contributed by atoms with Gasteiger partial charge in [0.05, 0.1) is 37.8 Å². The number of rotatable bonds is 14. The first kappa shape index (κ1) is 19.2. The standard InChI is InChI=1S/C14H22O7/c1-4-13(16)21-10-14(7-15,8-19-11-17-5-2)9-20-12-18-6-3/h4-6,15H,1-3,7-12H2. The molecule has 1 N–H and O–H groups in total. The maximum Gasteiger partial charge on any atom is 0.330 e. The molecule has 0 saturated heterocycles. The van der Waals surface area contributed by atoms with Crippen molar-refractivity contribution >= 4 is 5.97 Å². The quantitative estimate of drug-likeness (QED) is 0.168. The molecular weight excluding hydrogens is 280 g/mol. The molecule has 0 heterocycles. The Kier molecular flexibility index (Phi) is 10.9. The average molecular weight is 302 g/mol. The molecule has 0 aliphatic heterocycles. The Morgan fingerprint density at radius 2 is 1.52 bits per heavy atom. The normalized spacial score (nSPS) is 10.5. The van der Waals surface area contributed by atoms with Gasteiger partial charge in [0.2, 0.25) is 0 Å². The van der Waals surface area contributed by atoms with Crippen LogP contribution < -0.4 is 0 Å². The molecule has 120 valence electrons. The second kappa shape index (κ2) is 12.0. The Hall–Kier alpha value is -1.83. The molecule has 21 heavy (non-hydrogen) atoms. The van der Waals surface area contributed by atoms with Gasteiger partial charge in [-0.1, -0.05) is 19.7 Å². The molecule has 7 heteroatoms. The van der Waals surface area contributed by atoms with E-state index in [0.717, 1.165) is 6.08 Å². The van der Waals surface area contributed by atoms with Gasteiger partial charge in [0, 0.05) is 6.08 Å². The molecule has 0 aromatic rings. The summed E-state index contributed by atoms with van der Waals surface area (Å²) in [5.74, 6) is -0.600. The molecule has 0 saturated carbocycles. The lowest BCUT2D eigenvalue weighted by molar-refractivity contribution is -0.156. The van der Waals surface area contributed by atoms with Crippen LogP contribution in [0.4, 0.5) is 0 Å². The Morgan fingerprint density at radius 1 is 1.00 bits per heavy atom. The van der Waals surface area contributed by atoms with Gasteiger partial charge in [-0.15, -0.1) is 0 Å². The fourth-order valence-corrected chi connectivity index (χ4v) is 1.25. The molecule has 0 bridgehead atoms. The van der Waals surface area contributed by atoms with E-state index in [1.165, 1.54) is 12.5 Å². The van der Waals surface area contributed by atoms with Crippen molar-refractivity contribution in [3.63, 3.8) is 0 Å². The van der Waals surface area contributed by atoms with Crippen LogP contribution >= 0.6 is 0 Å². The van der Waals surface area contributed by atoms with Gasteiger partial charge in [0.25, 0.3) is 0 Å². The number of carbonyl (C=O) groups is 1. The molecule has 0 unspecified atom stereocenters. The molecular formula is C14H22O7. The molecule has 0 radical (unpaired) electrons. The Bertz CT molecular complexity index is 311. The monoisotopic (exact) mass is 302 g/mol. The van der Waals surface area contributed by atoms with Crippen molar-refractivity contribution < 1.29 is 33.6 Å². The van der Waals surface area contributed by atoms with Gasteiger partial charge < -0.3 is 28.8 Å². The van der Waals surface area contributed by atoms with E-state index in [0.29, 0.717) is 0 Å². The Morgan fingerprint density at radius 3 is 1.90 bits per heavy atom. The molecule has 0 fully saturated rings. The van der Waals surface area contributed by atoms with Crippen molar-refractivity contribution in [1.82, 2.24) is 0 Å². The maximum atomic E-state index is 11.1. The summed E-state index contributed by atoms with van der Waals surface area (Å²) < 4.78 is 25.1. The number of aliphatic hydroxyl groups excluding tert-OH is 1. The van der Waals surface area contributed by atoms with Crippen LogP contribution in [0.15, 0.2) is 38.3 Å². The zero-order valence-electron chi connectivity index (χ0n) is 12.0. The third kappa shape index (κ3) is 8.85. The van der Waals surface area contributed by atoms with Crippen molar-refractivity contribution in [2.75, 3.05) is 40.0 Å². The van der Waals surface area contributed by atoms with Crippen LogP contribution in [-0.4, -0.2) is 51.1 Å². The van der Waals surface area contributed by atoms with Crippen LogP contribution in [0.1, 0.15) is 0 Å². The van der Waals surface area contributed by atoms with E-state index in [1.807, 2.05) is 0 Å². The molecule has 0 atom stereocenters. The molecule has 0 aromatic carbocycles. The maximum absolute atomic E-state index is 11.1. The van der Waals surface area contributed by atoms with Crippen molar-refractivity contribution in [3.8, 4) is 0 Å². The number of esters is 1. The summed E-state index contributed by atoms with van der Waals surface area (Å²) in [6.07, 6.45) is 3.49. The van der Waals surface area contributed by atoms with Crippen molar-refractivity contribution in [2.45, 2.75) is 0 Å². The average Bonchev–Trinajstić information content (AvgIpc) is 2.52. The second-order valence-corrected chi connectivity index (χ2v) is 4.07. The predicted molar refractivity (Wildman–Crippen MR) is 74.9 cm³/mol. The minimum absolute atomic E-state index is 0.0379. The van der Waals surface area contributed by atoms with Crippen LogP contribution in [0.2, 0.25) is 0 Å². The zero-order valence-corrected chi connectivity index (χ0v) is 12.0. The molecule has 0 rings (SSSR count). The number of aliphatic hydroxyl groups is 1.